The topological polar surface area (TPSA) is 95.0 Å². The molecule has 8 heteroatoms. The van der Waals surface area contributed by atoms with Crippen LogP contribution in [0.5, 0.6) is 0 Å². The van der Waals surface area contributed by atoms with Gasteiger partial charge in [0.05, 0.1) is 4.90 Å². The third-order valence-corrected chi connectivity index (χ3v) is 6.08. The van der Waals surface area contributed by atoms with Crippen LogP contribution in [0.3, 0.4) is 0 Å². The Kier molecular flexibility index (Phi) is 5.29. The first-order chi connectivity index (χ1) is 11.2. The Labute approximate surface area is 141 Å². The van der Waals surface area contributed by atoms with Crippen molar-refractivity contribution in [3.05, 3.63) is 29.3 Å². The van der Waals surface area contributed by atoms with Crippen LogP contribution in [-0.2, 0) is 14.8 Å². The quantitative estimate of drug-likeness (QED) is 0.880. The van der Waals surface area contributed by atoms with Crippen molar-refractivity contribution in [3.8, 4) is 0 Å². The minimum absolute atomic E-state index is 0.0188. The summed E-state index contributed by atoms with van der Waals surface area (Å²) in [6, 6.07) is 3.50. The van der Waals surface area contributed by atoms with Gasteiger partial charge in [0.15, 0.2) is 0 Å². The number of rotatable bonds is 4. The molecule has 1 aromatic carbocycles. The molecule has 1 atom stereocenters. The second-order valence-corrected chi connectivity index (χ2v) is 8.26. The molecule has 1 aliphatic rings. The van der Waals surface area contributed by atoms with E-state index >= 15 is 0 Å². The fraction of sp³-hybridized carbons (Fsp3) is 0.500. The Bertz CT molecular complexity index is 758. The number of aryl methyl sites for hydroxylation is 1. The van der Waals surface area contributed by atoms with E-state index in [1.807, 2.05) is 0 Å². The lowest BCUT2D eigenvalue weighted by Crippen LogP contribution is -2.48. The van der Waals surface area contributed by atoms with Crippen LogP contribution in [0.25, 0.3) is 0 Å². The first-order valence-electron chi connectivity index (χ1n) is 7.73. The second-order valence-electron chi connectivity index (χ2n) is 6.11. The lowest BCUT2D eigenvalue weighted by molar-refractivity contribution is -0.143. The van der Waals surface area contributed by atoms with E-state index in [2.05, 4.69) is 0 Å². The van der Waals surface area contributed by atoms with Crippen LogP contribution in [0.15, 0.2) is 23.1 Å². The summed E-state index contributed by atoms with van der Waals surface area (Å²) in [5.74, 6) is -1.46. The summed E-state index contributed by atoms with van der Waals surface area (Å²) >= 11 is 0. The molecular weight excluding hydrogens is 332 g/mol. The van der Waals surface area contributed by atoms with Crippen molar-refractivity contribution in [1.82, 2.24) is 9.21 Å². The molecule has 0 saturated carbocycles. The highest BCUT2D eigenvalue weighted by atomic mass is 32.2. The van der Waals surface area contributed by atoms with Gasteiger partial charge in [0, 0.05) is 26.2 Å². The molecule has 132 valence electrons. The van der Waals surface area contributed by atoms with Gasteiger partial charge in [-0.25, -0.2) is 17.5 Å². The van der Waals surface area contributed by atoms with Crippen molar-refractivity contribution in [2.45, 2.75) is 37.1 Å². The average molecular weight is 354 g/mol. The number of amides is 1. The molecule has 1 unspecified atom stereocenters. The summed E-state index contributed by atoms with van der Waals surface area (Å²) in [5.41, 5.74) is 0.846. The number of hydrogen-bond donors (Lipinski definition) is 1. The van der Waals surface area contributed by atoms with Crippen molar-refractivity contribution in [2.24, 2.45) is 0 Å². The number of likely N-dealkylation sites (tertiary alicyclic amines) is 1. The summed E-state index contributed by atoms with van der Waals surface area (Å²) in [4.78, 5) is 25.6. The highest BCUT2D eigenvalue weighted by molar-refractivity contribution is 7.89. The van der Waals surface area contributed by atoms with Gasteiger partial charge >= 0.3 is 5.97 Å². The predicted molar refractivity (Wildman–Crippen MR) is 88.4 cm³/mol. The summed E-state index contributed by atoms with van der Waals surface area (Å²) < 4.78 is 25.6. The van der Waals surface area contributed by atoms with Gasteiger partial charge < -0.3 is 10.0 Å². The van der Waals surface area contributed by atoms with E-state index in [0.29, 0.717) is 18.5 Å². The molecule has 1 saturated heterocycles. The largest absolute Gasteiger partial charge is 0.480 e. The fourth-order valence-corrected chi connectivity index (χ4v) is 3.72. The van der Waals surface area contributed by atoms with Crippen LogP contribution in [0.2, 0.25) is 0 Å². The number of hydrogen-bond acceptors (Lipinski definition) is 4. The SMILES string of the molecule is Cc1ccc(S(=O)(=O)N(C)C)cc1C(=O)N1CCCCC1C(=O)O. The van der Waals surface area contributed by atoms with Crippen molar-refractivity contribution in [3.63, 3.8) is 0 Å². The van der Waals surface area contributed by atoms with E-state index in [1.54, 1.807) is 13.0 Å². The van der Waals surface area contributed by atoms with E-state index in [-0.39, 0.29) is 10.5 Å². The maximum atomic E-state index is 12.8. The van der Waals surface area contributed by atoms with E-state index < -0.39 is 27.9 Å². The monoisotopic (exact) mass is 354 g/mol. The van der Waals surface area contributed by atoms with E-state index in [4.69, 9.17) is 0 Å². The van der Waals surface area contributed by atoms with Gasteiger partial charge in [-0.3, -0.25) is 4.79 Å². The number of piperidine rings is 1. The molecule has 2 rings (SSSR count). The van der Waals surface area contributed by atoms with E-state index in [9.17, 15) is 23.1 Å². The normalized spacial score (nSPS) is 18.7. The van der Waals surface area contributed by atoms with E-state index in [1.165, 1.54) is 31.1 Å². The number of carboxylic acid groups (broad SMARTS) is 1. The molecular formula is C16H22N2O5S. The Morgan fingerprint density at radius 3 is 2.50 bits per heavy atom. The van der Waals surface area contributed by atoms with Gasteiger partial charge in [-0.15, -0.1) is 0 Å². The number of carboxylic acids is 1. The lowest BCUT2D eigenvalue weighted by atomic mass is 9.99. The van der Waals surface area contributed by atoms with Gasteiger partial charge in [0.2, 0.25) is 10.0 Å². The molecule has 1 aromatic rings. The summed E-state index contributed by atoms with van der Waals surface area (Å²) in [6.45, 7) is 2.07. The number of sulfonamides is 1. The zero-order valence-corrected chi connectivity index (χ0v) is 14.8. The van der Waals surface area contributed by atoms with Crippen molar-refractivity contribution >= 4 is 21.9 Å². The third-order valence-electron chi connectivity index (χ3n) is 4.27. The molecule has 1 aliphatic heterocycles. The van der Waals surface area contributed by atoms with Crippen LogP contribution < -0.4 is 0 Å². The molecule has 1 fully saturated rings. The highest BCUT2D eigenvalue weighted by Gasteiger charge is 2.33. The standard InChI is InChI=1S/C16H22N2O5S/c1-11-7-8-12(24(22,23)17(2)3)10-13(11)15(19)18-9-5-4-6-14(18)16(20)21/h7-8,10,14H,4-6,9H2,1-3H3,(H,20,21). The number of benzene rings is 1. The van der Waals surface area contributed by atoms with Gasteiger partial charge in [-0.2, -0.15) is 0 Å². The van der Waals surface area contributed by atoms with Crippen LogP contribution in [0, 0.1) is 6.92 Å². The maximum absolute atomic E-state index is 12.8. The van der Waals surface area contributed by atoms with Crippen LogP contribution in [-0.4, -0.2) is 61.3 Å². The molecule has 1 heterocycles. The van der Waals surface area contributed by atoms with Crippen LogP contribution in [0.4, 0.5) is 0 Å². The maximum Gasteiger partial charge on any atom is 0.326 e. The molecule has 0 bridgehead atoms. The minimum Gasteiger partial charge on any atom is -0.480 e. The van der Waals surface area contributed by atoms with Crippen molar-refractivity contribution in [1.29, 1.82) is 0 Å². The number of carbonyl (C=O) groups is 2. The zero-order valence-electron chi connectivity index (χ0n) is 14.0. The number of nitrogens with zero attached hydrogens (tertiary/aromatic N) is 2. The fourth-order valence-electron chi connectivity index (χ4n) is 2.79. The van der Waals surface area contributed by atoms with Crippen LogP contribution >= 0.6 is 0 Å². The molecule has 0 aromatic heterocycles. The zero-order chi connectivity index (χ0) is 18.1. The van der Waals surface area contributed by atoms with Gasteiger partial charge in [0.1, 0.15) is 6.04 Å². The molecule has 0 aliphatic carbocycles. The Hall–Kier alpha value is -1.93. The molecule has 1 N–H and O–H groups in total. The molecule has 1 amide bonds. The molecule has 0 radical (unpaired) electrons. The number of carbonyl (C=O) groups excluding carboxylic acids is 1. The molecule has 24 heavy (non-hydrogen) atoms. The van der Waals surface area contributed by atoms with Gasteiger partial charge in [-0.1, -0.05) is 6.07 Å². The predicted octanol–water partition coefficient (Wildman–Crippen LogP) is 1.32. The smallest absolute Gasteiger partial charge is 0.326 e. The van der Waals surface area contributed by atoms with Gasteiger partial charge in [-0.05, 0) is 43.9 Å². The summed E-state index contributed by atoms with van der Waals surface area (Å²) in [5, 5.41) is 9.33. The van der Waals surface area contributed by atoms with E-state index in [0.717, 1.165) is 17.1 Å². The Morgan fingerprint density at radius 2 is 1.92 bits per heavy atom. The highest BCUT2D eigenvalue weighted by Crippen LogP contribution is 2.24. The summed E-state index contributed by atoms with van der Waals surface area (Å²) in [7, 11) is -0.827. The average Bonchev–Trinajstić information content (AvgIpc) is 2.54. The number of aliphatic carboxylic acids is 1. The first-order valence-corrected chi connectivity index (χ1v) is 9.17. The summed E-state index contributed by atoms with van der Waals surface area (Å²) in [6.07, 6.45) is 1.91. The Balaban J connectivity index is 2.44. The van der Waals surface area contributed by atoms with Crippen molar-refractivity contribution < 1.29 is 23.1 Å². The second kappa shape index (κ2) is 6.90. The first kappa shape index (κ1) is 18.4. The Morgan fingerprint density at radius 1 is 1.25 bits per heavy atom. The molecule has 7 nitrogen and oxygen atoms in total. The minimum atomic E-state index is -3.66. The van der Waals surface area contributed by atoms with Gasteiger partial charge in [0.25, 0.3) is 5.91 Å². The lowest BCUT2D eigenvalue weighted by Gasteiger charge is -2.33. The van der Waals surface area contributed by atoms with Crippen LogP contribution in [0.1, 0.15) is 35.2 Å². The molecule has 0 spiro atoms. The third kappa shape index (κ3) is 3.44. The van der Waals surface area contributed by atoms with Crippen molar-refractivity contribution in [2.75, 3.05) is 20.6 Å².